The number of hydrogen-bond donors (Lipinski definition) is 2. The SMILES string of the molecule is O=C(O)C(N=Nc1ccccc1Cl)=C(O)Cc1ccc(Cl)cc1. The molecule has 23 heavy (non-hydrogen) atoms. The summed E-state index contributed by atoms with van der Waals surface area (Å²) in [5.41, 5.74) is 0.464. The molecule has 0 aliphatic rings. The zero-order valence-electron chi connectivity index (χ0n) is 11.8. The molecule has 0 bridgehead atoms. The lowest BCUT2D eigenvalue weighted by Crippen LogP contribution is -2.04. The van der Waals surface area contributed by atoms with Gasteiger partial charge in [0.2, 0.25) is 5.70 Å². The Kier molecular flexibility index (Phi) is 5.73. The molecule has 0 atom stereocenters. The summed E-state index contributed by atoms with van der Waals surface area (Å²) in [7, 11) is 0. The quantitative estimate of drug-likeness (QED) is 0.443. The highest BCUT2D eigenvalue weighted by Gasteiger charge is 2.14. The largest absolute Gasteiger partial charge is 0.509 e. The van der Waals surface area contributed by atoms with Crippen LogP contribution in [0.3, 0.4) is 0 Å². The van der Waals surface area contributed by atoms with Crippen LogP contribution in [-0.4, -0.2) is 16.2 Å². The van der Waals surface area contributed by atoms with Gasteiger partial charge in [-0.1, -0.05) is 47.5 Å². The van der Waals surface area contributed by atoms with Crippen LogP contribution in [0.25, 0.3) is 0 Å². The molecule has 0 spiro atoms. The first-order valence-corrected chi connectivity index (χ1v) is 7.29. The fraction of sp³-hybridized carbons (Fsp3) is 0.0625. The van der Waals surface area contributed by atoms with Crippen LogP contribution in [0, 0.1) is 0 Å². The molecule has 5 nitrogen and oxygen atoms in total. The molecule has 0 heterocycles. The Labute approximate surface area is 142 Å². The van der Waals surface area contributed by atoms with Gasteiger partial charge in [0.1, 0.15) is 11.4 Å². The van der Waals surface area contributed by atoms with E-state index in [1.54, 1.807) is 48.5 Å². The first-order chi connectivity index (χ1) is 11.0. The Morgan fingerprint density at radius 3 is 2.26 bits per heavy atom. The van der Waals surface area contributed by atoms with E-state index in [-0.39, 0.29) is 6.42 Å². The predicted octanol–water partition coefficient (Wildman–Crippen LogP) is 5.17. The van der Waals surface area contributed by atoms with Crippen molar-refractivity contribution in [1.82, 2.24) is 0 Å². The van der Waals surface area contributed by atoms with Gasteiger partial charge in [-0.15, -0.1) is 10.2 Å². The van der Waals surface area contributed by atoms with Crippen LogP contribution in [0.4, 0.5) is 5.69 Å². The van der Waals surface area contributed by atoms with Crippen molar-refractivity contribution in [2.24, 2.45) is 10.2 Å². The lowest BCUT2D eigenvalue weighted by molar-refractivity contribution is -0.132. The van der Waals surface area contributed by atoms with Crippen molar-refractivity contribution in [1.29, 1.82) is 0 Å². The van der Waals surface area contributed by atoms with Crippen LogP contribution in [0.15, 0.2) is 70.2 Å². The second-order valence-corrected chi connectivity index (χ2v) is 5.40. The number of aliphatic hydroxyl groups excluding tert-OH is 1. The van der Waals surface area contributed by atoms with E-state index in [9.17, 15) is 15.0 Å². The highest BCUT2D eigenvalue weighted by molar-refractivity contribution is 6.32. The van der Waals surface area contributed by atoms with Crippen molar-refractivity contribution in [3.8, 4) is 0 Å². The second kappa shape index (κ2) is 7.76. The molecule has 2 aromatic carbocycles. The van der Waals surface area contributed by atoms with Gasteiger partial charge in [0.25, 0.3) is 0 Å². The van der Waals surface area contributed by atoms with E-state index in [0.717, 1.165) is 0 Å². The zero-order chi connectivity index (χ0) is 16.8. The van der Waals surface area contributed by atoms with E-state index in [4.69, 9.17) is 23.2 Å². The molecule has 2 aromatic rings. The maximum atomic E-state index is 11.3. The summed E-state index contributed by atoms with van der Waals surface area (Å²) in [6.07, 6.45) is 0.000341. The normalized spacial score (nSPS) is 12.3. The molecular weight excluding hydrogens is 339 g/mol. The number of aliphatic hydroxyl groups is 1. The number of nitrogens with zero attached hydrogens (tertiary/aromatic N) is 2. The molecule has 0 aromatic heterocycles. The number of allylic oxidation sites excluding steroid dienone is 1. The van der Waals surface area contributed by atoms with E-state index >= 15 is 0 Å². The monoisotopic (exact) mass is 350 g/mol. The van der Waals surface area contributed by atoms with Gasteiger partial charge in [-0.2, -0.15) is 0 Å². The number of benzene rings is 2. The maximum Gasteiger partial charge on any atom is 0.359 e. The van der Waals surface area contributed by atoms with Gasteiger partial charge < -0.3 is 10.2 Å². The van der Waals surface area contributed by atoms with E-state index in [1.165, 1.54) is 0 Å². The zero-order valence-corrected chi connectivity index (χ0v) is 13.3. The predicted molar refractivity (Wildman–Crippen MR) is 88.4 cm³/mol. The van der Waals surface area contributed by atoms with Crippen molar-refractivity contribution in [2.75, 3.05) is 0 Å². The Morgan fingerprint density at radius 2 is 1.65 bits per heavy atom. The maximum absolute atomic E-state index is 11.3. The molecule has 0 aliphatic heterocycles. The average Bonchev–Trinajstić information content (AvgIpc) is 2.51. The van der Waals surface area contributed by atoms with E-state index < -0.39 is 17.4 Å². The number of aliphatic carboxylic acids is 1. The highest BCUT2D eigenvalue weighted by Crippen LogP contribution is 2.25. The fourth-order valence-corrected chi connectivity index (χ4v) is 2.04. The minimum atomic E-state index is -1.38. The standard InChI is InChI=1S/C16H12Cl2N2O3/c17-11-7-5-10(6-8-11)9-14(21)15(16(22)23)20-19-13-4-2-1-3-12(13)18/h1-8,21H,9H2,(H,22,23). The average molecular weight is 351 g/mol. The lowest BCUT2D eigenvalue weighted by atomic mass is 10.1. The van der Waals surface area contributed by atoms with E-state index in [2.05, 4.69) is 10.2 Å². The van der Waals surface area contributed by atoms with Crippen LogP contribution in [0.2, 0.25) is 10.0 Å². The minimum Gasteiger partial charge on any atom is -0.509 e. The van der Waals surface area contributed by atoms with Gasteiger partial charge in [0.05, 0.1) is 5.02 Å². The van der Waals surface area contributed by atoms with E-state index in [1.807, 2.05) is 0 Å². The molecule has 0 fully saturated rings. The van der Waals surface area contributed by atoms with Crippen molar-refractivity contribution in [3.63, 3.8) is 0 Å². The van der Waals surface area contributed by atoms with Crippen molar-refractivity contribution in [3.05, 3.63) is 75.6 Å². The Bertz CT molecular complexity index is 771. The van der Waals surface area contributed by atoms with Gasteiger partial charge in [-0.3, -0.25) is 0 Å². The summed E-state index contributed by atoms with van der Waals surface area (Å²) in [5, 5.41) is 27.5. The van der Waals surface area contributed by atoms with Crippen LogP contribution in [0.5, 0.6) is 0 Å². The van der Waals surface area contributed by atoms with Crippen molar-refractivity contribution in [2.45, 2.75) is 6.42 Å². The third kappa shape index (κ3) is 4.81. The molecular formula is C16H12Cl2N2O3. The number of hydrogen-bond acceptors (Lipinski definition) is 4. The molecule has 0 unspecified atom stereocenters. The summed E-state index contributed by atoms with van der Waals surface area (Å²) in [5.74, 6) is -1.79. The first-order valence-electron chi connectivity index (χ1n) is 6.53. The Hall–Kier alpha value is -2.37. The molecule has 0 aliphatic carbocycles. The number of carboxylic acid groups (broad SMARTS) is 1. The summed E-state index contributed by atoms with van der Waals surface area (Å²) in [6.45, 7) is 0. The molecule has 0 radical (unpaired) electrons. The molecule has 118 valence electrons. The van der Waals surface area contributed by atoms with Crippen LogP contribution in [-0.2, 0) is 11.2 Å². The van der Waals surface area contributed by atoms with Crippen LogP contribution < -0.4 is 0 Å². The molecule has 0 saturated carbocycles. The third-order valence-corrected chi connectivity index (χ3v) is 3.44. The second-order valence-electron chi connectivity index (χ2n) is 4.56. The fourth-order valence-electron chi connectivity index (χ4n) is 1.74. The Balaban J connectivity index is 2.27. The lowest BCUT2D eigenvalue weighted by Gasteiger charge is -2.03. The van der Waals surface area contributed by atoms with Crippen LogP contribution in [0.1, 0.15) is 5.56 Å². The third-order valence-electron chi connectivity index (χ3n) is 2.87. The number of carbonyl (C=O) groups is 1. The number of azo groups is 1. The summed E-state index contributed by atoms with van der Waals surface area (Å²) in [6, 6.07) is 13.3. The van der Waals surface area contributed by atoms with Crippen molar-refractivity contribution < 1.29 is 15.0 Å². The van der Waals surface area contributed by atoms with Crippen LogP contribution >= 0.6 is 23.2 Å². The summed E-state index contributed by atoms with van der Waals surface area (Å²) in [4.78, 5) is 11.3. The number of halogens is 2. The van der Waals surface area contributed by atoms with Gasteiger partial charge in [-0.25, -0.2) is 4.79 Å². The number of rotatable bonds is 5. The van der Waals surface area contributed by atoms with Gasteiger partial charge >= 0.3 is 5.97 Å². The smallest absolute Gasteiger partial charge is 0.359 e. The first kappa shape index (κ1) is 17.0. The van der Waals surface area contributed by atoms with Gasteiger partial charge in [0.15, 0.2) is 0 Å². The van der Waals surface area contributed by atoms with Gasteiger partial charge in [-0.05, 0) is 29.8 Å². The van der Waals surface area contributed by atoms with E-state index in [0.29, 0.717) is 21.3 Å². The molecule has 0 saturated heterocycles. The molecule has 7 heteroatoms. The minimum absolute atomic E-state index is 0.000341. The topological polar surface area (TPSA) is 82.2 Å². The molecule has 0 amide bonds. The van der Waals surface area contributed by atoms with Crippen molar-refractivity contribution >= 4 is 34.9 Å². The highest BCUT2D eigenvalue weighted by atomic mass is 35.5. The molecule has 2 rings (SSSR count). The van der Waals surface area contributed by atoms with Gasteiger partial charge in [0, 0.05) is 11.4 Å². The molecule has 2 N–H and O–H groups in total. The Morgan fingerprint density at radius 1 is 1.00 bits per heavy atom. The summed E-state index contributed by atoms with van der Waals surface area (Å²) >= 11 is 11.7. The number of carboxylic acids is 1. The summed E-state index contributed by atoms with van der Waals surface area (Å²) < 4.78 is 0.